The number of sulfonamides is 1. The highest BCUT2D eigenvalue weighted by Gasteiger charge is 2.18. The standard InChI is InChI=1S/C19H23N3O3S2/c1-3-22(17-8-5-4-6-9-17)11-7-10-20-27(23,24)19-13-16(14-26-19)18-12-15(2)21-25-18/h4-6,8-9,12-14,20H,3,7,10-11H2,1-2H3. The van der Waals surface area contributed by atoms with Gasteiger partial charge in [-0.1, -0.05) is 23.4 Å². The van der Waals surface area contributed by atoms with Crippen molar-refractivity contribution in [1.82, 2.24) is 9.88 Å². The Morgan fingerprint density at radius 3 is 2.67 bits per heavy atom. The Morgan fingerprint density at radius 1 is 1.22 bits per heavy atom. The quantitative estimate of drug-likeness (QED) is 0.546. The maximum atomic E-state index is 12.5. The van der Waals surface area contributed by atoms with Crippen molar-refractivity contribution < 1.29 is 12.9 Å². The lowest BCUT2D eigenvalue weighted by atomic mass is 10.2. The van der Waals surface area contributed by atoms with Crippen LogP contribution in [-0.4, -0.2) is 33.2 Å². The fourth-order valence-corrected chi connectivity index (χ4v) is 5.03. The van der Waals surface area contributed by atoms with Crippen LogP contribution in [0.2, 0.25) is 0 Å². The second-order valence-corrected chi connectivity index (χ2v) is 9.06. The van der Waals surface area contributed by atoms with Gasteiger partial charge in [0.15, 0.2) is 5.76 Å². The van der Waals surface area contributed by atoms with Crippen LogP contribution in [-0.2, 0) is 10.0 Å². The molecular weight excluding hydrogens is 382 g/mol. The number of rotatable bonds is 9. The molecule has 1 N–H and O–H groups in total. The normalized spacial score (nSPS) is 11.6. The number of hydrogen-bond donors (Lipinski definition) is 1. The minimum atomic E-state index is -3.52. The van der Waals surface area contributed by atoms with E-state index >= 15 is 0 Å². The average molecular weight is 406 g/mol. The first-order valence-electron chi connectivity index (χ1n) is 8.81. The van der Waals surface area contributed by atoms with Crippen molar-refractivity contribution in [1.29, 1.82) is 0 Å². The second kappa shape index (κ2) is 8.69. The van der Waals surface area contributed by atoms with Gasteiger partial charge in [0.25, 0.3) is 0 Å². The van der Waals surface area contributed by atoms with Gasteiger partial charge < -0.3 is 9.42 Å². The van der Waals surface area contributed by atoms with E-state index in [4.69, 9.17) is 4.52 Å². The lowest BCUT2D eigenvalue weighted by Crippen LogP contribution is -2.29. The summed E-state index contributed by atoms with van der Waals surface area (Å²) >= 11 is 1.18. The van der Waals surface area contributed by atoms with Crippen LogP contribution in [0, 0.1) is 6.92 Å². The molecule has 0 radical (unpaired) electrons. The molecule has 0 unspecified atom stereocenters. The molecule has 0 amide bonds. The van der Waals surface area contributed by atoms with Crippen molar-refractivity contribution in [3.05, 3.63) is 53.5 Å². The van der Waals surface area contributed by atoms with Gasteiger partial charge >= 0.3 is 0 Å². The summed E-state index contributed by atoms with van der Waals surface area (Å²) in [6.45, 7) is 5.97. The molecule has 27 heavy (non-hydrogen) atoms. The smallest absolute Gasteiger partial charge is 0.250 e. The first-order chi connectivity index (χ1) is 13.0. The van der Waals surface area contributed by atoms with Gasteiger partial charge in [0.1, 0.15) is 4.21 Å². The van der Waals surface area contributed by atoms with E-state index < -0.39 is 10.0 Å². The fraction of sp³-hybridized carbons (Fsp3) is 0.316. The highest BCUT2D eigenvalue weighted by Crippen LogP contribution is 2.28. The zero-order chi connectivity index (χ0) is 19.3. The van der Waals surface area contributed by atoms with Gasteiger partial charge in [0.2, 0.25) is 10.0 Å². The summed E-state index contributed by atoms with van der Waals surface area (Å²) in [5.74, 6) is 0.576. The Kier molecular flexibility index (Phi) is 6.30. The number of aromatic nitrogens is 1. The molecule has 8 heteroatoms. The molecule has 0 bridgehead atoms. The van der Waals surface area contributed by atoms with Crippen molar-refractivity contribution in [3.63, 3.8) is 0 Å². The number of aryl methyl sites for hydroxylation is 1. The monoisotopic (exact) mass is 405 g/mol. The first kappa shape index (κ1) is 19.6. The summed E-state index contributed by atoms with van der Waals surface area (Å²) in [4.78, 5) is 2.23. The lowest BCUT2D eigenvalue weighted by Gasteiger charge is -2.23. The van der Waals surface area contributed by atoms with Gasteiger partial charge in [-0.2, -0.15) is 0 Å². The number of nitrogens with zero attached hydrogens (tertiary/aromatic N) is 2. The summed E-state index contributed by atoms with van der Waals surface area (Å²) in [5.41, 5.74) is 2.63. The summed E-state index contributed by atoms with van der Waals surface area (Å²) < 4.78 is 33.2. The predicted octanol–water partition coefficient (Wildman–Crippen LogP) is 3.91. The largest absolute Gasteiger partial charge is 0.372 e. The van der Waals surface area contributed by atoms with E-state index in [2.05, 4.69) is 33.8 Å². The van der Waals surface area contributed by atoms with Crippen LogP contribution in [0.25, 0.3) is 11.3 Å². The number of hydrogen-bond acceptors (Lipinski definition) is 6. The van der Waals surface area contributed by atoms with Crippen molar-refractivity contribution in [3.8, 4) is 11.3 Å². The Morgan fingerprint density at radius 2 is 2.00 bits per heavy atom. The van der Waals surface area contributed by atoms with E-state index in [9.17, 15) is 8.42 Å². The minimum Gasteiger partial charge on any atom is -0.372 e. The topological polar surface area (TPSA) is 75.4 Å². The van der Waals surface area contributed by atoms with E-state index in [1.54, 1.807) is 17.5 Å². The van der Waals surface area contributed by atoms with E-state index in [-0.39, 0.29) is 4.21 Å². The molecule has 0 saturated heterocycles. The molecule has 3 rings (SSSR count). The van der Waals surface area contributed by atoms with Crippen molar-refractivity contribution in [2.45, 2.75) is 24.5 Å². The number of benzene rings is 1. The predicted molar refractivity (Wildman–Crippen MR) is 109 cm³/mol. The molecule has 6 nitrogen and oxygen atoms in total. The lowest BCUT2D eigenvalue weighted by molar-refractivity contribution is 0.427. The zero-order valence-electron chi connectivity index (χ0n) is 15.4. The van der Waals surface area contributed by atoms with Crippen LogP contribution < -0.4 is 9.62 Å². The summed E-state index contributed by atoms with van der Waals surface area (Å²) in [7, 11) is -3.52. The number of anilines is 1. The first-order valence-corrected chi connectivity index (χ1v) is 11.2. The third-order valence-corrected chi connectivity index (χ3v) is 7.05. The van der Waals surface area contributed by atoms with Crippen molar-refractivity contribution in [2.75, 3.05) is 24.5 Å². The maximum absolute atomic E-state index is 12.5. The summed E-state index contributed by atoms with van der Waals surface area (Å²) in [6.07, 6.45) is 0.724. The Labute approximate surface area is 163 Å². The Hall–Kier alpha value is -2.16. The summed E-state index contributed by atoms with van der Waals surface area (Å²) in [5, 5.41) is 5.60. The van der Waals surface area contributed by atoms with Crippen LogP contribution in [0.4, 0.5) is 5.69 Å². The summed E-state index contributed by atoms with van der Waals surface area (Å²) in [6, 6.07) is 13.5. The second-order valence-electron chi connectivity index (χ2n) is 6.15. The van der Waals surface area contributed by atoms with Crippen LogP contribution in [0.5, 0.6) is 0 Å². The maximum Gasteiger partial charge on any atom is 0.250 e. The molecule has 0 fully saturated rings. The molecule has 3 aromatic rings. The van der Waals surface area contributed by atoms with Gasteiger partial charge in [0, 0.05) is 42.3 Å². The van der Waals surface area contributed by atoms with E-state index in [0.29, 0.717) is 12.3 Å². The highest BCUT2D eigenvalue weighted by molar-refractivity contribution is 7.91. The van der Waals surface area contributed by atoms with Gasteiger partial charge in [-0.15, -0.1) is 11.3 Å². The zero-order valence-corrected chi connectivity index (χ0v) is 17.0. The molecule has 2 aromatic heterocycles. The third-order valence-electron chi connectivity index (χ3n) is 4.15. The van der Waals surface area contributed by atoms with Gasteiger partial charge in [-0.3, -0.25) is 0 Å². The molecule has 0 aliphatic rings. The van der Waals surface area contributed by atoms with Gasteiger partial charge in [0.05, 0.1) is 5.69 Å². The number of nitrogens with one attached hydrogen (secondary N) is 1. The van der Waals surface area contributed by atoms with Gasteiger partial charge in [-0.25, -0.2) is 13.1 Å². The number of para-hydroxylation sites is 1. The molecule has 0 spiro atoms. The number of thiophene rings is 1. The molecule has 0 atom stereocenters. The minimum absolute atomic E-state index is 0.280. The van der Waals surface area contributed by atoms with Crippen molar-refractivity contribution in [2.24, 2.45) is 0 Å². The van der Waals surface area contributed by atoms with Crippen LogP contribution >= 0.6 is 11.3 Å². The highest BCUT2D eigenvalue weighted by atomic mass is 32.2. The average Bonchev–Trinajstić information content (AvgIpc) is 3.32. The molecule has 2 heterocycles. The molecule has 1 aromatic carbocycles. The Balaban J connectivity index is 1.55. The van der Waals surface area contributed by atoms with Gasteiger partial charge in [-0.05, 0) is 38.5 Å². The molecule has 0 aliphatic carbocycles. The van der Waals surface area contributed by atoms with E-state index in [1.807, 2.05) is 25.1 Å². The van der Waals surface area contributed by atoms with E-state index in [0.717, 1.165) is 36.5 Å². The van der Waals surface area contributed by atoms with Crippen molar-refractivity contribution >= 4 is 27.0 Å². The Bertz CT molecular complexity index is 965. The SMILES string of the molecule is CCN(CCCNS(=O)(=O)c1cc(-c2cc(C)no2)cs1)c1ccccc1. The van der Waals surface area contributed by atoms with Crippen LogP contribution in [0.3, 0.4) is 0 Å². The molecule has 0 aliphatic heterocycles. The van der Waals surface area contributed by atoms with Crippen LogP contribution in [0.15, 0.2) is 56.6 Å². The van der Waals surface area contributed by atoms with E-state index in [1.165, 1.54) is 11.3 Å². The molecule has 144 valence electrons. The fourth-order valence-electron chi connectivity index (χ4n) is 2.74. The third kappa shape index (κ3) is 4.97. The molecule has 0 saturated carbocycles. The molecular formula is C19H23N3O3S2. The van der Waals surface area contributed by atoms with Crippen LogP contribution in [0.1, 0.15) is 19.0 Å².